The van der Waals surface area contributed by atoms with Gasteiger partial charge in [0.2, 0.25) is 5.91 Å². The number of primary amides is 1. The summed E-state index contributed by atoms with van der Waals surface area (Å²) >= 11 is 4.96. The van der Waals surface area contributed by atoms with Gasteiger partial charge in [-0.2, -0.15) is 5.26 Å². The number of ether oxygens (including phenoxy) is 1. The Labute approximate surface area is 134 Å². The smallest absolute Gasteiger partial charge is 0.338 e. The third-order valence-corrected chi connectivity index (χ3v) is 3.13. The Hall–Kier alpha value is -2.46. The van der Waals surface area contributed by atoms with Crippen LogP contribution >= 0.6 is 12.2 Å². The van der Waals surface area contributed by atoms with Crippen LogP contribution in [0.5, 0.6) is 0 Å². The number of carbonyl (C=O) groups excluding carboxylic acids is 2. The van der Waals surface area contributed by atoms with Gasteiger partial charge in [-0.15, -0.1) is 0 Å². The minimum Gasteiger partial charge on any atom is -0.462 e. The Kier molecular flexibility index (Phi) is 6.99. The highest BCUT2D eigenvalue weighted by atomic mass is 32.1. The largest absolute Gasteiger partial charge is 0.462 e. The van der Waals surface area contributed by atoms with E-state index in [9.17, 15) is 9.59 Å². The lowest BCUT2D eigenvalue weighted by Crippen LogP contribution is -2.32. The fourth-order valence-corrected chi connectivity index (χ4v) is 1.83. The number of hydrogen-bond donors (Lipinski definition) is 2. The summed E-state index contributed by atoms with van der Waals surface area (Å²) in [5.74, 6) is -2.39. The highest BCUT2D eigenvalue weighted by Gasteiger charge is 2.20. The van der Waals surface area contributed by atoms with Crippen LogP contribution < -0.4 is 11.1 Å². The third-order valence-electron chi connectivity index (χ3n) is 2.79. The lowest BCUT2D eigenvalue weighted by Gasteiger charge is -2.11. The van der Waals surface area contributed by atoms with Crippen LogP contribution in [-0.2, 0) is 9.53 Å². The van der Waals surface area contributed by atoms with E-state index in [1.54, 1.807) is 30.3 Å². The van der Waals surface area contributed by atoms with Gasteiger partial charge in [0.15, 0.2) is 5.92 Å². The summed E-state index contributed by atoms with van der Waals surface area (Å²) in [6, 6.07) is 8.09. The molecule has 1 amide bonds. The summed E-state index contributed by atoms with van der Waals surface area (Å²) in [6.45, 7) is 2.40. The fourth-order valence-electron chi connectivity index (χ4n) is 1.55. The summed E-state index contributed by atoms with van der Waals surface area (Å²) in [4.78, 5) is 22.8. The quantitative estimate of drug-likeness (QED) is 0.452. The number of rotatable bonds is 7. The molecule has 0 aliphatic carbocycles. The average molecular weight is 319 g/mol. The number of amides is 1. The van der Waals surface area contributed by atoms with Crippen molar-refractivity contribution in [2.24, 2.45) is 11.7 Å². The molecule has 0 fully saturated rings. The molecule has 0 heterocycles. The molecule has 116 valence electrons. The molecule has 0 saturated carbocycles. The van der Waals surface area contributed by atoms with Crippen LogP contribution in [0.1, 0.15) is 30.1 Å². The molecule has 1 atom stereocenters. The normalized spacial score (nSPS) is 11.1. The first-order valence-electron chi connectivity index (χ1n) is 6.76. The molecule has 1 aromatic rings. The minimum absolute atomic E-state index is 0.0215. The van der Waals surface area contributed by atoms with Gasteiger partial charge >= 0.3 is 5.97 Å². The van der Waals surface area contributed by atoms with Crippen LogP contribution in [0.2, 0.25) is 0 Å². The van der Waals surface area contributed by atoms with E-state index in [-0.39, 0.29) is 4.99 Å². The van der Waals surface area contributed by atoms with E-state index in [0.29, 0.717) is 17.9 Å². The van der Waals surface area contributed by atoms with Crippen LogP contribution in [0.25, 0.3) is 0 Å². The summed E-state index contributed by atoms with van der Waals surface area (Å²) in [6.07, 6.45) is 1.77. The zero-order valence-corrected chi connectivity index (χ0v) is 13.0. The Balaban J connectivity index is 2.65. The van der Waals surface area contributed by atoms with E-state index in [1.807, 2.05) is 6.92 Å². The van der Waals surface area contributed by atoms with Gasteiger partial charge in [0.25, 0.3) is 0 Å². The van der Waals surface area contributed by atoms with Crippen LogP contribution in [0.3, 0.4) is 0 Å². The molecule has 0 saturated heterocycles. The summed E-state index contributed by atoms with van der Waals surface area (Å²) in [5, 5.41) is 11.6. The van der Waals surface area contributed by atoms with Crippen LogP contribution in [-0.4, -0.2) is 23.5 Å². The standard InChI is InChI=1S/C15H17N3O3S/c1-2-3-8-21-15(20)10-4-6-11(7-5-10)18-14(22)12(9-16)13(17)19/h4-7,12H,2-3,8H2,1H3,(H2,17,19)(H,18,22). The lowest BCUT2D eigenvalue weighted by atomic mass is 10.1. The molecule has 0 radical (unpaired) electrons. The highest BCUT2D eigenvalue weighted by molar-refractivity contribution is 7.80. The zero-order chi connectivity index (χ0) is 16.5. The summed E-state index contributed by atoms with van der Waals surface area (Å²) < 4.78 is 5.09. The number of nitrogens with one attached hydrogen (secondary N) is 1. The van der Waals surface area contributed by atoms with Gasteiger partial charge < -0.3 is 15.8 Å². The molecule has 0 bridgehead atoms. The van der Waals surface area contributed by atoms with Crippen molar-refractivity contribution in [2.75, 3.05) is 11.9 Å². The van der Waals surface area contributed by atoms with Gasteiger partial charge in [0.1, 0.15) is 4.99 Å². The molecular weight excluding hydrogens is 302 g/mol. The minimum atomic E-state index is -1.19. The van der Waals surface area contributed by atoms with Crippen molar-refractivity contribution in [3.05, 3.63) is 29.8 Å². The molecule has 1 unspecified atom stereocenters. The number of unbranched alkanes of at least 4 members (excludes halogenated alkanes) is 1. The number of nitrogens with two attached hydrogens (primary N) is 1. The number of carbonyl (C=O) groups is 2. The molecule has 22 heavy (non-hydrogen) atoms. The van der Waals surface area contributed by atoms with Crippen molar-refractivity contribution in [1.82, 2.24) is 0 Å². The van der Waals surface area contributed by atoms with Crippen molar-refractivity contribution in [2.45, 2.75) is 19.8 Å². The number of thiocarbonyl (C=S) groups is 1. The molecule has 7 heteroatoms. The number of hydrogen-bond acceptors (Lipinski definition) is 5. The lowest BCUT2D eigenvalue weighted by molar-refractivity contribution is -0.118. The van der Waals surface area contributed by atoms with E-state index in [0.717, 1.165) is 12.8 Å². The number of anilines is 1. The first-order valence-corrected chi connectivity index (χ1v) is 7.17. The van der Waals surface area contributed by atoms with Crippen LogP contribution in [0.4, 0.5) is 5.69 Å². The van der Waals surface area contributed by atoms with Crippen molar-refractivity contribution >= 4 is 34.8 Å². The Morgan fingerprint density at radius 1 is 1.41 bits per heavy atom. The van der Waals surface area contributed by atoms with Gasteiger partial charge in [0.05, 0.1) is 18.2 Å². The van der Waals surface area contributed by atoms with Crippen LogP contribution in [0.15, 0.2) is 24.3 Å². The van der Waals surface area contributed by atoms with Crippen molar-refractivity contribution in [3.63, 3.8) is 0 Å². The van der Waals surface area contributed by atoms with Crippen molar-refractivity contribution in [3.8, 4) is 6.07 Å². The molecule has 1 aromatic carbocycles. The van der Waals surface area contributed by atoms with E-state index in [2.05, 4.69) is 5.32 Å². The Bertz CT molecular complexity index is 593. The van der Waals surface area contributed by atoms with Crippen LogP contribution in [0, 0.1) is 17.2 Å². The second-order valence-corrected chi connectivity index (χ2v) is 4.96. The Morgan fingerprint density at radius 3 is 2.55 bits per heavy atom. The second-order valence-electron chi connectivity index (χ2n) is 4.52. The molecule has 6 nitrogen and oxygen atoms in total. The fraction of sp³-hybridized carbons (Fsp3) is 0.333. The van der Waals surface area contributed by atoms with E-state index >= 15 is 0 Å². The monoisotopic (exact) mass is 319 g/mol. The van der Waals surface area contributed by atoms with Crippen molar-refractivity contribution in [1.29, 1.82) is 5.26 Å². The predicted molar refractivity (Wildman–Crippen MR) is 86.2 cm³/mol. The molecule has 0 aromatic heterocycles. The Morgan fingerprint density at radius 2 is 2.05 bits per heavy atom. The van der Waals surface area contributed by atoms with Gasteiger partial charge in [-0.25, -0.2) is 4.79 Å². The zero-order valence-electron chi connectivity index (χ0n) is 12.2. The summed E-state index contributed by atoms with van der Waals surface area (Å²) in [5.41, 5.74) is 6.04. The van der Waals surface area contributed by atoms with E-state index in [4.69, 9.17) is 28.0 Å². The molecule has 0 aliphatic rings. The summed E-state index contributed by atoms with van der Waals surface area (Å²) in [7, 11) is 0. The number of benzene rings is 1. The molecule has 1 rings (SSSR count). The molecular formula is C15H17N3O3S. The molecule has 0 aliphatic heterocycles. The SMILES string of the molecule is CCCCOC(=O)c1ccc(NC(=S)C(C#N)C(N)=O)cc1. The van der Waals surface area contributed by atoms with Gasteiger partial charge in [-0.05, 0) is 30.7 Å². The predicted octanol–water partition coefficient (Wildman–Crippen LogP) is 2.01. The highest BCUT2D eigenvalue weighted by Crippen LogP contribution is 2.13. The maximum absolute atomic E-state index is 11.7. The van der Waals surface area contributed by atoms with E-state index in [1.165, 1.54) is 0 Å². The van der Waals surface area contributed by atoms with E-state index < -0.39 is 17.8 Å². The van der Waals surface area contributed by atoms with Gasteiger partial charge in [-0.3, -0.25) is 4.79 Å². The van der Waals surface area contributed by atoms with Crippen molar-refractivity contribution < 1.29 is 14.3 Å². The maximum atomic E-state index is 11.7. The topological polar surface area (TPSA) is 105 Å². The van der Waals surface area contributed by atoms with Gasteiger partial charge in [0, 0.05) is 5.69 Å². The molecule has 3 N–H and O–H groups in total. The number of esters is 1. The molecule has 0 spiro atoms. The average Bonchev–Trinajstić information content (AvgIpc) is 2.48. The van der Waals surface area contributed by atoms with Gasteiger partial charge in [-0.1, -0.05) is 25.6 Å². The number of nitrogens with zero attached hydrogens (tertiary/aromatic N) is 1. The number of nitriles is 1. The first-order chi connectivity index (χ1) is 10.5. The second kappa shape index (κ2) is 8.74. The third kappa shape index (κ3) is 5.14. The first kappa shape index (κ1) is 17.6. The maximum Gasteiger partial charge on any atom is 0.338 e.